The van der Waals surface area contributed by atoms with E-state index in [9.17, 15) is 13.2 Å². The van der Waals surface area contributed by atoms with Gasteiger partial charge in [-0.1, -0.05) is 12.1 Å². The maximum absolute atomic E-state index is 12.6. The first-order valence-electron chi connectivity index (χ1n) is 9.05. The monoisotopic (exact) mass is 435 g/mol. The summed E-state index contributed by atoms with van der Waals surface area (Å²) in [5.74, 6) is 0.817. The number of sulfone groups is 1. The quantitative estimate of drug-likeness (QED) is 0.433. The Bertz CT molecular complexity index is 1500. The van der Waals surface area contributed by atoms with Crippen molar-refractivity contribution < 1.29 is 8.42 Å². The molecule has 3 aromatic heterocycles. The third kappa shape index (κ3) is 3.96. The molecule has 31 heavy (non-hydrogen) atoms. The summed E-state index contributed by atoms with van der Waals surface area (Å²) >= 11 is 0. The first kappa shape index (κ1) is 20.1. The number of para-hydroxylation sites is 1. The Balaban J connectivity index is 1.82. The van der Waals surface area contributed by atoms with E-state index in [0.29, 0.717) is 34.2 Å². The van der Waals surface area contributed by atoms with Gasteiger partial charge in [0.15, 0.2) is 15.5 Å². The molecule has 4 rings (SSSR count). The number of aromatic amines is 1. The highest BCUT2D eigenvalue weighted by Gasteiger charge is 2.17. The standard InChI is InChI=1S/C20H17N7O3S/c1-27-20(28)18-14(23-13-5-3-4-6-15(13)31(2,29)30)9-17(25-19(18)26-27)24-16-8-7-12(10-21)11-22-16/h3-9,11H,1-2H3,(H3,22,23,24,25,26). The Morgan fingerprint density at radius 2 is 1.87 bits per heavy atom. The fourth-order valence-corrected chi connectivity index (χ4v) is 3.93. The van der Waals surface area contributed by atoms with Gasteiger partial charge in [-0.2, -0.15) is 5.26 Å². The molecule has 0 atom stereocenters. The van der Waals surface area contributed by atoms with Crippen LogP contribution in [-0.4, -0.2) is 34.4 Å². The van der Waals surface area contributed by atoms with Crippen LogP contribution in [0.3, 0.4) is 0 Å². The van der Waals surface area contributed by atoms with Crippen LogP contribution in [0.15, 0.2) is 58.4 Å². The fourth-order valence-electron chi connectivity index (χ4n) is 3.09. The number of aromatic nitrogens is 4. The molecular formula is C20H17N7O3S. The summed E-state index contributed by atoms with van der Waals surface area (Å²) in [7, 11) is -1.94. The van der Waals surface area contributed by atoms with Crippen molar-refractivity contribution in [3.63, 3.8) is 0 Å². The minimum atomic E-state index is -3.50. The van der Waals surface area contributed by atoms with Crippen LogP contribution >= 0.6 is 0 Å². The molecule has 1 aromatic carbocycles. The van der Waals surface area contributed by atoms with Crippen molar-refractivity contribution in [2.45, 2.75) is 4.90 Å². The van der Waals surface area contributed by atoms with Gasteiger partial charge in [-0.05, 0) is 24.3 Å². The third-order valence-electron chi connectivity index (χ3n) is 4.52. The van der Waals surface area contributed by atoms with Gasteiger partial charge in [-0.15, -0.1) is 0 Å². The number of hydrogen-bond acceptors (Lipinski definition) is 8. The van der Waals surface area contributed by atoms with Crippen LogP contribution in [0, 0.1) is 11.3 Å². The molecule has 0 spiro atoms. The summed E-state index contributed by atoms with van der Waals surface area (Å²) in [6.07, 6.45) is 2.54. The summed E-state index contributed by atoms with van der Waals surface area (Å²) in [5, 5.41) is 18.2. The maximum atomic E-state index is 12.6. The van der Waals surface area contributed by atoms with Gasteiger partial charge < -0.3 is 10.6 Å². The summed E-state index contributed by atoms with van der Waals surface area (Å²) in [5.41, 5.74) is 1.12. The first-order chi connectivity index (χ1) is 14.8. The fraction of sp³-hybridized carbons (Fsp3) is 0.100. The third-order valence-corrected chi connectivity index (χ3v) is 5.67. The summed E-state index contributed by atoms with van der Waals surface area (Å²) < 4.78 is 25.6. The maximum Gasteiger partial charge on any atom is 0.277 e. The Hall–Kier alpha value is -4.17. The van der Waals surface area contributed by atoms with Crippen LogP contribution in [0.1, 0.15) is 5.56 Å². The zero-order chi connectivity index (χ0) is 22.2. The first-order valence-corrected chi connectivity index (χ1v) is 10.9. The Morgan fingerprint density at radius 1 is 1.10 bits per heavy atom. The van der Waals surface area contributed by atoms with Crippen molar-refractivity contribution in [3.8, 4) is 6.07 Å². The second-order valence-corrected chi connectivity index (χ2v) is 8.80. The second-order valence-electron chi connectivity index (χ2n) is 6.82. The lowest BCUT2D eigenvalue weighted by molar-refractivity contribution is 0.602. The molecule has 0 radical (unpaired) electrons. The number of H-pyrrole nitrogens is 1. The average molecular weight is 435 g/mol. The lowest BCUT2D eigenvalue weighted by atomic mass is 10.2. The molecule has 4 aromatic rings. The van der Waals surface area contributed by atoms with E-state index in [1.165, 1.54) is 16.9 Å². The molecule has 0 unspecified atom stereocenters. The van der Waals surface area contributed by atoms with Gasteiger partial charge in [0, 0.05) is 25.6 Å². The highest BCUT2D eigenvalue weighted by molar-refractivity contribution is 7.90. The van der Waals surface area contributed by atoms with E-state index in [1.807, 2.05) is 6.07 Å². The van der Waals surface area contributed by atoms with Gasteiger partial charge in [0.2, 0.25) is 0 Å². The van der Waals surface area contributed by atoms with Crippen molar-refractivity contribution >= 4 is 43.9 Å². The van der Waals surface area contributed by atoms with Gasteiger partial charge in [0.1, 0.15) is 23.1 Å². The molecule has 0 aliphatic heterocycles. The number of benzene rings is 1. The highest BCUT2D eigenvalue weighted by atomic mass is 32.2. The Kier molecular flexibility index (Phi) is 4.92. The normalized spacial score (nSPS) is 11.3. The van der Waals surface area contributed by atoms with E-state index >= 15 is 0 Å². The van der Waals surface area contributed by atoms with Gasteiger partial charge >= 0.3 is 0 Å². The molecule has 0 saturated heterocycles. The number of fused-ring (bicyclic) bond motifs is 1. The number of rotatable bonds is 5. The number of nitriles is 1. The van der Waals surface area contributed by atoms with Crippen LogP contribution in [0.2, 0.25) is 0 Å². The van der Waals surface area contributed by atoms with E-state index in [1.54, 1.807) is 43.4 Å². The summed E-state index contributed by atoms with van der Waals surface area (Å²) in [4.78, 5) is 21.3. The second kappa shape index (κ2) is 7.58. The number of anilines is 4. The molecule has 0 amide bonds. The smallest absolute Gasteiger partial charge is 0.277 e. The van der Waals surface area contributed by atoms with Gasteiger partial charge in [0.25, 0.3) is 5.56 Å². The van der Waals surface area contributed by atoms with Crippen LogP contribution in [-0.2, 0) is 16.9 Å². The molecule has 10 nitrogen and oxygen atoms in total. The van der Waals surface area contributed by atoms with Crippen LogP contribution in [0.5, 0.6) is 0 Å². The van der Waals surface area contributed by atoms with Gasteiger partial charge in [-0.3, -0.25) is 14.6 Å². The van der Waals surface area contributed by atoms with Crippen molar-refractivity contribution in [1.29, 1.82) is 5.26 Å². The molecular weight excluding hydrogens is 418 g/mol. The molecule has 3 heterocycles. The Labute approximate surface area is 177 Å². The van der Waals surface area contributed by atoms with Crippen molar-refractivity contribution in [1.82, 2.24) is 19.7 Å². The van der Waals surface area contributed by atoms with E-state index in [-0.39, 0.29) is 15.8 Å². The van der Waals surface area contributed by atoms with Crippen molar-refractivity contribution in [2.75, 3.05) is 16.9 Å². The van der Waals surface area contributed by atoms with Gasteiger partial charge in [0.05, 0.1) is 21.8 Å². The van der Waals surface area contributed by atoms with E-state index < -0.39 is 9.84 Å². The number of pyridine rings is 2. The van der Waals surface area contributed by atoms with Crippen molar-refractivity contribution in [3.05, 3.63) is 64.6 Å². The van der Waals surface area contributed by atoms with E-state index in [4.69, 9.17) is 5.26 Å². The minimum absolute atomic E-state index is 0.107. The van der Waals surface area contributed by atoms with Crippen LogP contribution < -0.4 is 16.2 Å². The zero-order valence-corrected chi connectivity index (χ0v) is 17.4. The molecule has 0 saturated carbocycles. The number of hydrogen-bond donors (Lipinski definition) is 3. The lowest BCUT2D eigenvalue weighted by Gasteiger charge is -2.13. The molecule has 0 aliphatic rings. The predicted molar refractivity (Wildman–Crippen MR) is 116 cm³/mol. The number of nitrogens with zero attached hydrogens (tertiary/aromatic N) is 4. The lowest BCUT2D eigenvalue weighted by Crippen LogP contribution is -2.12. The summed E-state index contributed by atoms with van der Waals surface area (Å²) in [6.45, 7) is 0. The summed E-state index contributed by atoms with van der Waals surface area (Å²) in [6, 6.07) is 13.3. The van der Waals surface area contributed by atoms with E-state index in [2.05, 4.69) is 25.7 Å². The van der Waals surface area contributed by atoms with Crippen molar-refractivity contribution in [2.24, 2.45) is 7.05 Å². The average Bonchev–Trinajstić information content (AvgIpc) is 3.02. The SMILES string of the molecule is Cn1[nH]c2nc(Nc3ccc(C#N)cn3)cc(Nc3ccccc3S(C)(=O)=O)c2c1=O. The van der Waals surface area contributed by atoms with Crippen LogP contribution in [0.4, 0.5) is 23.0 Å². The molecule has 0 aliphatic carbocycles. The molecule has 0 fully saturated rings. The van der Waals surface area contributed by atoms with Gasteiger partial charge in [-0.25, -0.2) is 18.4 Å². The predicted octanol–water partition coefficient (Wildman–Crippen LogP) is 2.42. The molecule has 156 valence electrons. The largest absolute Gasteiger partial charge is 0.354 e. The number of aryl methyl sites for hydroxylation is 1. The molecule has 3 N–H and O–H groups in total. The van der Waals surface area contributed by atoms with E-state index in [0.717, 1.165) is 6.26 Å². The highest BCUT2D eigenvalue weighted by Crippen LogP contribution is 2.30. The number of nitrogens with one attached hydrogen (secondary N) is 3. The molecule has 0 bridgehead atoms. The Morgan fingerprint density at radius 3 is 2.55 bits per heavy atom. The van der Waals surface area contributed by atoms with Crippen LogP contribution in [0.25, 0.3) is 11.0 Å². The molecule has 11 heteroatoms. The topological polar surface area (TPSA) is 146 Å². The zero-order valence-electron chi connectivity index (χ0n) is 16.5. The minimum Gasteiger partial charge on any atom is -0.354 e.